The third-order valence-corrected chi connectivity index (χ3v) is 7.61. The summed E-state index contributed by atoms with van der Waals surface area (Å²) < 4.78 is 0. The maximum Gasteiger partial charge on any atom is 0.148 e. The van der Waals surface area contributed by atoms with Gasteiger partial charge in [-0.3, -0.25) is 9.59 Å². The smallest absolute Gasteiger partial charge is 0.148 e. The molecule has 3 heteroatoms. The molecule has 1 spiro atoms. The normalized spacial score (nSPS) is 17.2. The maximum atomic E-state index is 13.3. The van der Waals surface area contributed by atoms with Gasteiger partial charge in [-0.2, -0.15) is 0 Å². The van der Waals surface area contributed by atoms with Gasteiger partial charge in [0.1, 0.15) is 17.0 Å². The fourth-order valence-electron chi connectivity index (χ4n) is 5.79. The van der Waals surface area contributed by atoms with Crippen LogP contribution in [0.5, 0.6) is 0 Å². The van der Waals surface area contributed by atoms with Crippen molar-refractivity contribution < 1.29 is 9.59 Å². The first-order chi connectivity index (χ1) is 16.6. The molecule has 1 aliphatic heterocycles. The molecule has 6 rings (SSSR count). The van der Waals surface area contributed by atoms with E-state index in [0.29, 0.717) is 38.8 Å². The zero-order valence-corrected chi connectivity index (χ0v) is 19.2. The van der Waals surface area contributed by atoms with Crippen molar-refractivity contribution in [2.24, 2.45) is 5.41 Å². The van der Waals surface area contributed by atoms with Crippen LogP contribution in [0, 0.1) is 5.41 Å². The van der Waals surface area contributed by atoms with Crippen LogP contribution in [-0.4, -0.2) is 18.1 Å². The van der Waals surface area contributed by atoms with Gasteiger partial charge in [-0.25, -0.2) is 0 Å². The molecule has 34 heavy (non-hydrogen) atoms. The van der Waals surface area contributed by atoms with Crippen LogP contribution in [0.15, 0.2) is 91.0 Å². The number of anilines is 1. The number of hydrogen-bond acceptors (Lipinski definition) is 3. The average Bonchev–Trinajstić information content (AvgIpc) is 2.88. The Morgan fingerprint density at radius 2 is 1.38 bits per heavy atom. The minimum atomic E-state index is -0.917. The quantitative estimate of drug-likeness (QED) is 0.344. The monoisotopic (exact) mass is 445 g/mol. The Bertz CT molecular complexity index is 1370. The Kier molecular flexibility index (Phi) is 5.06. The van der Waals surface area contributed by atoms with E-state index in [1.807, 2.05) is 18.2 Å². The summed E-state index contributed by atoms with van der Waals surface area (Å²) in [6.07, 6.45) is 2.21. The molecule has 0 N–H and O–H groups in total. The molecule has 0 unspecified atom stereocenters. The molecule has 1 aliphatic carbocycles. The van der Waals surface area contributed by atoms with E-state index >= 15 is 0 Å². The molecule has 3 nitrogen and oxygen atoms in total. The molecule has 1 saturated carbocycles. The second-order valence-electron chi connectivity index (χ2n) is 9.66. The SMILES string of the molecule is O=C1CCCC(=O)C12Cc1c(ccc3ccccc13)N(Cc1ccc(-c3ccccc3)cc1)C2. The summed E-state index contributed by atoms with van der Waals surface area (Å²) in [5.74, 6) is 0.235. The fraction of sp³-hybridized carbons (Fsp3) is 0.226. The highest BCUT2D eigenvalue weighted by Gasteiger charge is 2.50. The molecule has 1 fully saturated rings. The Morgan fingerprint density at radius 1 is 0.706 bits per heavy atom. The van der Waals surface area contributed by atoms with Crippen LogP contribution in [0.3, 0.4) is 0 Å². The van der Waals surface area contributed by atoms with Crippen LogP contribution in [0.2, 0.25) is 0 Å². The predicted octanol–water partition coefficient (Wildman–Crippen LogP) is 6.38. The second-order valence-corrected chi connectivity index (χ2v) is 9.66. The molecule has 2 aliphatic rings. The largest absolute Gasteiger partial charge is 0.365 e. The van der Waals surface area contributed by atoms with Crippen LogP contribution >= 0.6 is 0 Å². The van der Waals surface area contributed by atoms with Gasteiger partial charge in [0, 0.05) is 31.6 Å². The number of fused-ring (bicyclic) bond motifs is 3. The van der Waals surface area contributed by atoms with Crippen molar-refractivity contribution in [3.05, 3.63) is 102 Å². The van der Waals surface area contributed by atoms with E-state index in [2.05, 4.69) is 77.7 Å². The van der Waals surface area contributed by atoms with Gasteiger partial charge in [0.2, 0.25) is 0 Å². The molecule has 0 aromatic heterocycles. The van der Waals surface area contributed by atoms with Gasteiger partial charge < -0.3 is 4.90 Å². The topological polar surface area (TPSA) is 37.4 Å². The van der Waals surface area contributed by atoms with E-state index in [1.54, 1.807) is 0 Å². The fourth-order valence-corrected chi connectivity index (χ4v) is 5.79. The predicted molar refractivity (Wildman–Crippen MR) is 137 cm³/mol. The lowest BCUT2D eigenvalue weighted by Crippen LogP contribution is -2.54. The molecule has 168 valence electrons. The number of rotatable bonds is 3. The van der Waals surface area contributed by atoms with Crippen molar-refractivity contribution >= 4 is 28.0 Å². The first-order valence-corrected chi connectivity index (χ1v) is 12.1. The van der Waals surface area contributed by atoms with Crippen molar-refractivity contribution in [3.8, 4) is 11.1 Å². The molecule has 0 amide bonds. The Morgan fingerprint density at radius 3 is 2.15 bits per heavy atom. The molecule has 0 atom stereocenters. The Hall–Kier alpha value is -3.72. The zero-order chi connectivity index (χ0) is 23.1. The number of carbonyl (C=O) groups excluding carboxylic acids is 2. The highest BCUT2D eigenvalue weighted by atomic mass is 16.2. The van der Waals surface area contributed by atoms with Gasteiger partial charge in [0.05, 0.1) is 0 Å². The van der Waals surface area contributed by atoms with E-state index in [0.717, 1.165) is 22.0 Å². The van der Waals surface area contributed by atoms with E-state index in [4.69, 9.17) is 0 Å². The average molecular weight is 446 g/mol. The van der Waals surface area contributed by atoms with Crippen LogP contribution < -0.4 is 4.90 Å². The summed E-state index contributed by atoms with van der Waals surface area (Å²) in [6, 6.07) is 31.6. The van der Waals surface area contributed by atoms with Gasteiger partial charge in [0.15, 0.2) is 0 Å². The third-order valence-electron chi connectivity index (χ3n) is 7.61. The minimum Gasteiger partial charge on any atom is -0.365 e. The number of benzene rings is 4. The minimum absolute atomic E-state index is 0.117. The van der Waals surface area contributed by atoms with Gasteiger partial charge in [-0.15, -0.1) is 0 Å². The Balaban J connectivity index is 1.41. The van der Waals surface area contributed by atoms with Gasteiger partial charge in [-0.1, -0.05) is 84.9 Å². The van der Waals surface area contributed by atoms with E-state index in [-0.39, 0.29) is 11.6 Å². The van der Waals surface area contributed by atoms with Gasteiger partial charge >= 0.3 is 0 Å². The van der Waals surface area contributed by atoms with Crippen molar-refractivity contribution in [1.82, 2.24) is 0 Å². The molecular weight excluding hydrogens is 418 g/mol. The van der Waals surface area contributed by atoms with Crippen LogP contribution in [0.4, 0.5) is 5.69 Å². The number of hydrogen-bond donors (Lipinski definition) is 0. The van der Waals surface area contributed by atoms with Crippen molar-refractivity contribution in [2.45, 2.75) is 32.2 Å². The molecular formula is C31H27NO2. The van der Waals surface area contributed by atoms with Crippen LogP contribution in [-0.2, 0) is 22.6 Å². The summed E-state index contributed by atoms with van der Waals surface area (Å²) >= 11 is 0. The van der Waals surface area contributed by atoms with Crippen molar-refractivity contribution in [1.29, 1.82) is 0 Å². The van der Waals surface area contributed by atoms with Crippen molar-refractivity contribution in [3.63, 3.8) is 0 Å². The van der Waals surface area contributed by atoms with Crippen LogP contribution in [0.1, 0.15) is 30.4 Å². The van der Waals surface area contributed by atoms with E-state index in [9.17, 15) is 9.59 Å². The van der Waals surface area contributed by atoms with Gasteiger partial charge in [0.25, 0.3) is 0 Å². The molecule has 1 heterocycles. The summed E-state index contributed by atoms with van der Waals surface area (Å²) in [4.78, 5) is 28.8. The molecule has 4 aromatic carbocycles. The lowest BCUT2D eigenvalue weighted by atomic mass is 9.65. The second kappa shape index (κ2) is 8.25. The highest BCUT2D eigenvalue weighted by molar-refractivity contribution is 6.11. The summed E-state index contributed by atoms with van der Waals surface area (Å²) in [5, 5.41) is 2.30. The lowest BCUT2D eigenvalue weighted by Gasteiger charge is -2.45. The zero-order valence-electron chi connectivity index (χ0n) is 19.2. The third kappa shape index (κ3) is 3.43. The van der Waals surface area contributed by atoms with Gasteiger partial charge in [-0.05, 0) is 51.9 Å². The molecule has 0 saturated heterocycles. The summed E-state index contributed by atoms with van der Waals surface area (Å²) in [7, 11) is 0. The first-order valence-electron chi connectivity index (χ1n) is 12.1. The number of carbonyl (C=O) groups is 2. The molecule has 4 aromatic rings. The van der Waals surface area contributed by atoms with Crippen LogP contribution in [0.25, 0.3) is 21.9 Å². The standard InChI is InChI=1S/C31H27NO2/c33-29-11-6-12-30(34)31(29)19-27-26-10-5-4-9-25(26)17-18-28(27)32(21-31)20-22-13-15-24(16-14-22)23-7-2-1-3-8-23/h1-5,7-10,13-18H,6,11-12,19-21H2. The Labute approximate surface area is 200 Å². The summed E-state index contributed by atoms with van der Waals surface area (Å²) in [6.45, 7) is 1.14. The maximum absolute atomic E-state index is 13.3. The number of nitrogens with zero attached hydrogens (tertiary/aromatic N) is 1. The first kappa shape index (κ1) is 20.9. The lowest BCUT2D eigenvalue weighted by molar-refractivity contribution is -0.143. The molecule has 0 bridgehead atoms. The highest BCUT2D eigenvalue weighted by Crippen LogP contribution is 2.45. The van der Waals surface area contributed by atoms with E-state index < -0.39 is 5.41 Å². The number of ketones is 2. The molecule has 0 radical (unpaired) electrons. The summed E-state index contributed by atoms with van der Waals surface area (Å²) in [5.41, 5.74) is 4.91. The van der Waals surface area contributed by atoms with E-state index in [1.165, 1.54) is 16.7 Å². The van der Waals surface area contributed by atoms with Crippen molar-refractivity contribution in [2.75, 3.05) is 11.4 Å². The number of Topliss-reactive ketones (excluding diaryl/α,β-unsaturated/α-hetero) is 2.